The standard InChI is InChI=1S/C18H18N4O4S/c1-10-11(2)27-17(15(10)18(24)25-3)20-13(23)7-8-14-21-16(22-26-14)12-6-4-5-9-19-12/h4-6,9H,7-8H2,1-3H3,(H,20,23). The molecule has 3 aromatic rings. The molecule has 140 valence electrons. The van der Waals surface area contributed by atoms with Crippen LogP contribution in [0.5, 0.6) is 0 Å². The molecule has 3 aromatic heterocycles. The van der Waals surface area contributed by atoms with Gasteiger partial charge in [0.1, 0.15) is 10.7 Å². The molecular weight excluding hydrogens is 368 g/mol. The van der Waals surface area contributed by atoms with Crippen LogP contribution in [0.3, 0.4) is 0 Å². The molecule has 1 N–H and O–H groups in total. The molecule has 3 rings (SSSR count). The minimum Gasteiger partial charge on any atom is -0.465 e. The lowest BCUT2D eigenvalue weighted by Gasteiger charge is -2.05. The number of carbonyl (C=O) groups excluding carboxylic acids is 2. The molecule has 0 aromatic carbocycles. The molecule has 0 bridgehead atoms. The second-order valence-electron chi connectivity index (χ2n) is 5.75. The molecule has 0 aliphatic heterocycles. The van der Waals surface area contributed by atoms with Crippen LogP contribution in [-0.2, 0) is 16.0 Å². The van der Waals surface area contributed by atoms with Crippen LogP contribution in [0.2, 0.25) is 0 Å². The van der Waals surface area contributed by atoms with Crippen LogP contribution in [0.15, 0.2) is 28.9 Å². The summed E-state index contributed by atoms with van der Waals surface area (Å²) in [5.74, 6) is 0.00377. The normalized spacial score (nSPS) is 10.6. The molecule has 8 nitrogen and oxygen atoms in total. The number of rotatable bonds is 6. The first-order chi connectivity index (χ1) is 13.0. The molecule has 0 saturated heterocycles. The number of esters is 1. The highest BCUT2D eigenvalue weighted by atomic mass is 32.1. The van der Waals surface area contributed by atoms with Gasteiger partial charge in [0.2, 0.25) is 17.6 Å². The Morgan fingerprint density at radius 1 is 1.30 bits per heavy atom. The van der Waals surface area contributed by atoms with Crippen LogP contribution in [0.1, 0.15) is 33.1 Å². The Bertz CT molecular complexity index is 965. The highest BCUT2D eigenvalue weighted by Gasteiger charge is 2.21. The maximum absolute atomic E-state index is 12.3. The average Bonchev–Trinajstić information content (AvgIpc) is 3.25. The van der Waals surface area contributed by atoms with Crippen LogP contribution in [0.25, 0.3) is 11.5 Å². The minimum atomic E-state index is -0.468. The zero-order chi connectivity index (χ0) is 19.4. The highest BCUT2D eigenvalue weighted by Crippen LogP contribution is 2.33. The van der Waals surface area contributed by atoms with Gasteiger partial charge in [-0.3, -0.25) is 9.78 Å². The van der Waals surface area contributed by atoms with Crippen LogP contribution >= 0.6 is 11.3 Å². The van der Waals surface area contributed by atoms with E-state index in [1.54, 1.807) is 18.3 Å². The summed E-state index contributed by atoms with van der Waals surface area (Å²) in [5.41, 5.74) is 1.80. The van der Waals surface area contributed by atoms with Crippen LogP contribution in [0.4, 0.5) is 5.00 Å². The predicted molar refractivity (Wildman–Crippen MR) is 99.6 cm³/mol. The van der Waals surface area contributed by atoms with Gasteiger partial charge in [0, 0.05) is 23.9 Å². The highest BCUT2D eigenvalue weighted by molar-refractivity contribution is 7.16. The Balaban J connectivity index is 1.64. The molecule has 0 fully saturated rings. The number of aryl methyl sites for hydroxylation is 2. The van der Waals surface area contributed by atoms with E-state index in [1.807, 2.05) is 19.9 Å². The summed E-state index contributed by atoms with van der Waals surface area (Å²) in [5, 5.41) is 7.13. The smallest absolute Gasteiger partial charge is 0.341 e. The van der Waals surface area contributed by atoms with Crippen molar-refractivity contribution in [2.75, 3.05) is 12.4 Å². The third-order valence-corrected chi connectivity index (χ3v) is 5.08. The second kappa shape index (κ2) is 8.09. The molecule has 9 heteroatoms. The second-order valence-corrected chi connectivity index (χ2v) is 6.98. The van der Waals surface area contributed by atoms with Crippen molar-refractivity contribution >= 4 is 28.2 Å². The molecule has 0 aliphatic rings. The Morgan fingerprint density at radius 2 is 2.11 bits per heavy atom. The fraction of sp³-hybridized carbons (Fsp3) is 0.278. The number of hydrogen-bond donors (Lipinski definition) is 1. The molecule has 0 atom stereocenters. The molecular formula is C18H18N4O4S. The number of hydrogen-bond acceptors (Lipinski definition) is 8. The van der Waals surface area contributed by atoms with Gasteiger partial charge in [-0.2, -0.15) is 4.98 Å². The Hall–Kier alpha value is -3.07. The summed E-state index contributed by atoms with van der Waals surface area (Å²) in [6, 6.07) is 5.40. The van der Waals surface area contributed by atoms with E-state index in [-0.39, 0.29) is 18.7 Å². The van der Waals surface area contributed by atoms with E-state index in [0.717, 1.165) is 10.4 Å². The van der Waals surface area contributed by atoms with Crippen molar-refractivity contribution < 1.29 is 18.8 Å². The van der Waals surface area contributed by atoms with Gasteiger partial charge >= 0.3 is 5.97 Å². The van der Waals surface area contributed by atoms with E-state index in [1.165, 1.54) is 18.4 Å². The van der Waals surface area contributed by atoms with Crippen LogP contribution in [0, 0.1) is 13.8 Å². The Morgan fingerprint density at radius 3 is 2.81 bits per heavy atom. The number of amides is 1. The van der Waals surface area contributed by atoms with Gasteiger partial charge in [-0.1, -0.05) is 11.2 Å². The van der Waals surface area contributed by atoms with Crippen LogP contribution < -0.4 is 5.32 Å². The van der Waals surface area contributed by atoms with Gasteiger partial charge in [0.25, 0.3) is 0 Å². The van der Waals surface area contributed by atoms with Crippen molar-refractivity contribution in [1.29, 1.82) is 0 Å². The van der Waals surface area contributed by atoms with E-state index >= 15 is 0 Å². The maximum atomic E-state index is 12.3. The zero-order valence-corrected chi connectivity index (χ0v) is 15.9. The third-order valence-electron chi connectivity index (χ3n) is 3.96. The number of anilines is 1. The topological polar surface area (TPSA) is 107 Å². The average molecular weight is 386 g/mol. The van der Waals surface area contributed by atoms with Gasteiger partial charge < -0.3 is 14.6 Å². The molecule has 0 saturated carbocycles. The Labute approximate surface area is 159 Å². The van der Waals surface area contributed by atoms with E-state index in [9.17, 15) is 9.59 Å². The molecule has 1 amide bonds. The largest absolute Gasteiger partial charge is 0.465 e. The summed E-state index contributed by atoms with van der Waals surface area (Å²) in [7, 11) is 1.31. The minimum absolute atomic E-state index is 0.139. The van der Waals surface area contributed by atoms with Crippen LogP contribution in [-0.4, -0.2) is 34.1 Å². The van der Waals surface area contributed by atoms with E-state index in [0.29, 0.717) is 28.0 Å². The van der Waals surface area contributed by atoms with Crippen molar-refractivity contribution in [1.82, 2.24) is 15.1 Å². The number of pyridine rings is 1. The SMILES string of the molecule is COC(=O)c1c(NC(=O)CCc2nc(-c3ccccn3)no2)sc(C)c1C. The van der Waals surface area contributed by atoms with E-state index in [2.05, 4.69) is 20.4 Å². The number of nitrogens with zero attached hydrogens (tertiary/aromatic N) is 3. The van der Waals surface area contributed by atoms with Gasteiger partial charge in [0.15, 0.2) is 0 Å². The molecule has 27 heavy (non-hydrogen) atoms. The first-order valence-electron chi connectivity index (χ1n) is 8.21. The Kier molecular flexibility index (Phi) is 5.60. The summed E-state index contributed by atoms with van der Waals surface area (Å²) >= 11 is 1.34. The van der Waals surface area contributed by atoms with E-state index < -0.39 is 5.97 Å². The van der Waals surface area contributed by atoms with E-state index in [4.69, 9.17) is 9.26 Å². The lowest BCUT2D eigenvalue weighted by Crippen LogP contribution is -2.14. The number of carbonyl (C=O) groups is 2. The molecule has 0 spiro atoms. The molecule has 0 radical (unpaired) electrons. The maximum Gasteiger partial charge on any atom is 0.341 e. The quantitative estimate of drug-likeness (QED) is 0.648. The van der Waals surface area contributed by atoms with Gasteiger partial charge in [-0.25, -0.2) is 4.79 Å². The first-order valence-corrected chi connectivity index (χ1v) is 9.03. The number of ether oxygens (including phenoxy) is 1. The summed E-state index contributed by atoms with van der Waals surface area (Å²) in [6.07, 6.45) is 2.06. The molecule has 0 aliphatic carbocycles. The summed E-state index contributed by atoms with van der Waals surface area (Å²) in [6.45, 7) is 3.71. The third kappa shape index (κ3) is 4.20. The predicted octanol–water partition coefficient (Wildman–Crippen LogP) is 3.17. The van der Waals surface area contributed by atoms with Crippen molar-refractivity contribution in [3.05, 3.63) is 46.3 Å². The summed E-state index contributed by atoms with van der Waals surface area (Å²) in [4.78, 5) is 33.6. The van der Waals surface area contributed by atoms with Gasteiger partial charge in [-0.15, -0.1) is 11.3 Å². The van der Waals surface area contributed by atoms with Gasteiger partial charge in [0.05, 0.1) is 12.7 Å². The van der Waals surface area contributed by atoms with Crippen molar-refractivity contribution in [2.45, 2.75) is 26.7 Å². The first kappa shape index (κ1) is 18.7. The fourth-order valence-electron chi connectivity index (χ4n) is 2.43. The monoisotopic (exact) mass is 386 g/mol. The molecule has 3 heterocycles. The van der Waals surface area contributed by atoms with Gasteiger partial charge in [-0.05, 0) is 31.5 Å². The lowest BCUT2D eigenvalue weighted by molar-refractivity contribution is -0.116. The molecule has 0 unspecified atom stereocenters. The van der Waals surface area contributed by atoms with Crippen molar-refractivity contribution in [3.8, 4) is 11.5 Å². The van der Waals surface area contributed by atoms with Crippen molar-refractivity contribution in [2.24, 2.45) is 0 Å². The lowest BCUT2D eigenvalue weighted by atomic mass is 10.1. The number of aromatic nitrogens is 3. The summed E-state index contributed by atoms with van der Waals surface area (Å²) < 4.78 is 9.97. The fourth-order valence-corrected chi connectivity index (χ4v) is 3.49. The zero-order valence-electron chi connectivity index (χ0n) is 15.1. The number of methoxy groups -OCH3 is 1. The number of nitrogens with one attached hydrogen (secondary N) is 1. The number of thiophene rings is 1. The van der Waals surface area contributed by atoms with Crippen molar-refractivity contribution in [3.63, 3.8) is 0 Å².